The standard InChI is InChI=1S/C27H25BrN2O7S/c1-15(2)24(27(32)33)30-38(34,35)19-10-6-17(7-11-19)16-4-8-18(9-5-16)29-26(31)23-14-20-22(37-23)13-12-21(28)25(20)36-3/h4-15,24,30H,1-3H3,(H,29,31)(H,32,33)/t24-/m0/s1. The average Bonchev–Trinajstić information content (AvgIpc) is 3.32. The van der Waals surface area contributed by atoms with Crippen molar-refractivity contribution in [2.75, 3.05) is 12.4 Å². The minimum Gasteiger partial charge on any atom is -0.495 e. The molecule has 0 fully saturated rings. The third kappa shape index (κ3) is 5.74. The number of fused-ring (bicyclic) bond motifs is 1. The van der Waals surface area contributed by atoms with Crippen molar-refractivity contribution in [1.82, 2.24) is 4.72 Å². The minimum atomic E-state index is -4.01. The average molecular weight is 601 g/mol. The van der Waals surface area contributed by atoms with Crippen LogP contribution in [-0.2, 0) is 14.8 Å². The topological polar surface area (TPSA) is 135 Å². The molecule has 1 aromatic heterocycles. The molecule has 0 saturated carbocycles. The molecule has 0 radical (unpaired) electrons. The lowest BCUT2D eigenvalue weighted by Gasteiger charge is -2.18. The Bertz CT molecular complexity index is 1600. The monoisotopic (exact) mass is 600 g/mol. The quantitative estimate of drug-likeness (QED) is 0.230. The molecular weight excluding hydrogens is 576 g/mol. The van der Waals surface area contributed by atoms with Gasteiger partial charge in [-0.1, -0.05) is 38.1 Å². The SMILES string of the molecule is COc1c(Br)ccc2oc(C(=O)Nc3ccc(-c4ccc(S(=O)(=O)N[C@H](C(=O)O)C(C)C)cc4)cc3)cc12. The van der Waals surface area contributed by atoms with Crippen LogP contribution in [0.25, 0.3) is 22.1 Å². The fourth-order valence-electron chi connectivity index (χ4n) is 3.85. The molecule has 0 spiro atoms. The smallest absolute Gasteiger partial charge is 0.322 e. The van der Waals surface area contributed by atoms with Gasteiger partial charge in [-0.3, -0.25) is 9.59 Å². The number of carboxylic acids is 1. The van der Waals surface area contributed by atoms with Gasteiger partial charge in [0.15, 0.2) is 5.76 Å². The zero-order chi connectivity index (χ0) is 27.6. The molecule has 0 bridgehead atoms. The van der Waals surface area contributed by atoms with E-state index in [4.69, 9.17) is 9.15 Å². The molecular formula is C27H25BrN2O7S. The number of hydrogen-bond donors (Lipinski definition) is 3. The van der Waals surface area contributed by atoms with E-state index in [1.165, 1.54) is 12.1 Å². The summed E-state index contributed by atoms with van der Waals surface area (Å²) in [6, 6.07) is 17.0. The maximum atomic E-state index is 12.8. The number of nitrogens with one attached hydrogen (secondary N) is 2. The highest BCUT2D eigenvalue weighted by molar-refractivity contribution is 9.10. The number of furan rings is 1. The summed E-state index contributed by atoms with van der Waals surface area (Å²) in [4.78, 5) is 24.1. The molecule has 0 aliphatic heterocycles. The number of methoxy groups -OCH3 is 1. The Morgan fingerprint density at radius 1 is 0.974 bits per heavy atom. The lowest BCUT2D eigenvalue weighted by Crippen LogP contribution is -2.44. The number of aliphatic carboxylic acids is 1. The summed E-state index contributed by atoms with van der Waals surface area (Å²) in [7, 11) is -2.47. The number of carbonyl (C=O) groups excluding carboxylic acids is 1. The van der Waals surface area contributed by atoms with Crippen molar-refractivity contribution in [2.24, 2.45) is 5.92 Å². The van der Waals surface area contributed by atoms with Crippen molar-refractivity contribution in [3.63, 3.8) is 0 Å². The Hall–Kier alpha value is -3.67. The second-order valence-corrected chi connectivity index (χ2v) is 11.4. The molecule has 1 amide bonds. The van der Waals surface area contributed by atoms with Crippen LogP contribution in [0, 0.1) is 5.92 Å². The molecule has 0 aliphatic carbocycles. The van der Waals surface area contributed by atoms with Crippen LogP contribution >= 0.6 is 15.9 Å². The molecule has 4 aromatic rings. The molecule has 0 saturated heterocycles. The first kappa shape index (κ1) is 27.4. The van der Waals surface area contributed by atoms with E-state index in [2.05, 4.69) is 26.0 Å². The van der Waals surface area contributed by atoms with E-state index in [1.54, 1.807) is 75.6 Å². The van der Waals surface area contributed by atoms with Crippen LogP contribution in [-0.4, -0.2) is 38.6 Å². The molecule has 4 rings (SSSR count). The maximum absolute atomic E-state index is 12.8. The van der Waals surface area contributed by atoms with Gasteiger partial charge in [-0.15, -0.1) is 0 Å². The molecule has 1 atom stereocenters. The summed E-state index contributed by atoms with van der Waals surface area (Å²) in [5.41, 5.74) is 2.61. The summed E-state index contributed by atoms with van der Waals surface area (Å²) >= 11 is 3.42. The second-order valence-electron chi connectivity index (χ2n) is 8.84. The first-order valence-corrected chi connectivity index (χ1v) is 13.8. The lowest BCUT2D eigenvalue weighted by molar-refractivity contribution is -0.140. The van der Waals surface area contributed by atoms with E-state index in [0.717, 1.165) is 15.6 Å². The largest absolute Gasteiger partial charge is 0.495 e. The first-order valence-electron chi connectivity index (χ1n) is 11.5. The Morgan fingerprint density at radius 2 is 1.58 bits per heavy atom. The van der Waals surface area contributed by atoms with Gasteiger partial charge in [0, 0.05) is 11.8 Å². The van der Waals surface area contributed by atoms with E-state index < -0.39 is 33.9 Å². The van der Waals surface area contributed by atoms with Gasteiger partial charge < -0.3 is 19.6 Å². The predicted octanol–water partition coefficient (Wildman–Crippen LogP) is 5.51. The minimum absolute atomic E-state index is 0.0356. The normalized spacial score (nSPS) is 12.4. The van der Waals surface area contributed by atoms with Crippen molar-refractivity contribution < 1.29 is 32.3 Å². The Kier molecular flexibility index (Phi) is 7.91. The van der Waals surface area contributed by atoms with Crippen molar-refractivity contribution in [1.29, 1.82) is 0 Å². The number of sulfonamides is 1. The molecule has 9 nitrogen and oxygen atoms in total. The maximum Gasteiger partial charge on any atom is 0.322 e. The molecule has 0 aliphatic rings. The van der Waals surface area contributed by atoms with Gasteiger partial charge in [-0.2, -0.15) is 4.72 Å². The van der Waals surface area contributed by atoms with E-state index >= 15 is 0 Å². The van der Waals surface area contributed by atoms with Crippen LogP contribution in [0.5, 0.6) is 5.75 Å². The van der Waals surface area contributed by atoms with Gasteiger partial charge in [0.1, 0.15) is 17.4 Å². The van der Waals surface area contributed by atoms with Crippen LogP contribution < -0.4 is 14.8 Å². The number of carbonyl (C=O) groups is 2. The van der Waals surface area contributed by atoms with Gasteiger partial charge in [-0.05, 0) is 69.4 Å². The number of rotatable bonds is 9. The van der Waals surface area contributed by atoms with Crippen molar-refractivity contribution in [2.45, 2.75) is 24.8 Å². The molecule has 3 aromatic carbocycles. The summed E-state index contributed by atoms with van der Waals surface area (Å²) in [5, 5.41) is 12.8. The zero-order valence-corrected chi connectivity index (χ0v) is 23.1. The fourth-order valence-corrected chi connectivity index (χ4v) is 5.70. The van der Waals surface area contributed by atoms with E-state index in [0.29, 0.717) is 22.4 Å². The number of carboxylic acid groups (broad SMARTS) is 1. The number of benzene rings is 3. The highest BCUT2D eigenvalue weighted by atomic mass is 79.9. The molecule has 1 heterocycles. The summed E-state index contributed by atoms with van der Waals surface area (Å²) < 4.78 is 39.3. The van der Waals surface area contributed by atoms with Crippen molar-refractivity contribution in [3.8, 4) is 16.9 Å². The summed E-state index contributed by atoms with van der Waals surface area (Å²) in [5.74, 6) is -1.37. The molecule has 38 heavy (non-hydrogen) atoms. The van der Waals surface area contributed by atoms with Crippen LogP contribution in [0.4, 0.5) is 5.69 Å². The Balaban J connectivity index is 1.47. The summed E-state index contributed by atoms with van der Waals surface area (Å²) in [6.45, 7) is 3.26. The van der Waals surface area contributed by atoms with Crippen LogP contribution in [0.2, 0.25) is 0 Å². The Morgan fingerprint density at radius 3 is 2.13 bits per heavy atom. The molecule has 3 N–H and O–H groups in total. The van der Waals surface area contributed by atoms with Crippen molar-refractivity contribution in [3.05, 3.63) is 77.0 Å². The number of ether oxygens (including phenoxy) is 1. The highest BCUT2D eigenvalue weighted by Gasteiger charge is 2.28. The van der Waals surface area contributed by atoms with E-state index in [9.17, 15) is 23.1 Å². The third-order valence-electron chi connectivity index (χ3n) is 5.89. The predicted molar refractivity (Wildman–Crippen MR) is 147 cm³/mol. The zero-order valence-electron chi connectivity index (χ0n) is 20.7. The van der Waals surface area contributed by atoms with Crippen LogP contribution in [0.1, 0.15) is 24.4 Å². The molecule has 0 unspecified atom stereocenters. The van der Waals surface area contributed by atoms with Gasteiger partial charge in [0.05, 0.1) is 21.9 Å². The molecule has 198 valence electrons. The fraction of sp³-hybridized carbons (Fsp3) is 0.185. The lowest BCUT2D eigenvalue weighted by atomic mass is 10.1. The van der Waals surface area contributed by atoms with Crippen LogP contribution in [0.15, 0.2) is 80.5 Å². The van der Waals surface area contributed by atoms with Gasteiger partial charge in [0.2, 0.25) is 10.0 Å². The number of amides is 1. The Labute approximate surface area is 228 Å². The van der Waals surface area contributed by atoms with E-state index in [-0.39, 0.29) is 10.7 Å². The van der Waals surface area contributed by atoms with Gasteiger partial charge in [0.25, 0.3) is 5.91 Å². The number of anilines is 1. The van der Waals surface area contributed by atoms with Gasteiger partial charge in [-0.25, -0.2) is 8.42 Å². The van der Waals surface area contributed by atoms with E-state index in [1.807, 2.05) is 0 Å². The second kappa shape index (κ2) is 11.0. The van der Waals surface area contributed by atoms with Gasteiger partial charge >= 0.3 is 5.97 Å². The number of hydrogen-bond acceptors (Lipinski definition) is 6. The highest BCUT2D eigenvalue weighted by Crippen LogP contribution is 2.35. The number of halogens is 1. The van der Waals surface area contributed by atoms with Crippen molar-refractivity contribution >= 4 is 54.5 Å². The molecule has 11 heteroatoms. The third-order valence-corrected chi connectivity index (χ3v) is 7.97. The van der Waals surface area contributed by atoms with Crippen LogP contribution in [0.3, 0.4) is 0 Å². The summed E-state index contributed by atoms with van der Waals surface area (Å²) in [6.07, 6.45) is 0. The first-order chi connectivity index (χ1) is 18.0.